The van der Waals surface area contributed by atoms with Gasteiger partial charge in [-0.2, -0.15) is 0 Å². The Morgan fingerprint density at radius 3 is 2.48 bits per heavy atom. The fourth-order valence-corrected chi connectivity index (χ4v) is 4.55. The van der Waals surface area contributed by atoms with Crippen LogP contribution >= 0.6 is 0 Å². The molecule has 0 fully saturated rings. The predicted molar refractivity (Wildman–Crippen MR) is 123 cm³/mol. The van der Waals surface area contributed by atoms with E-state index in [0.717, 1.165) is 11.3 Å². The number of nitrogens with one attached hydrogen (secondary N) is 2. The highest BCUT2D eigenvalue weighted by atomic mass is 32.2. The molecule has 3 heterocycles. The first kappa shape index (κ1) is 22.7. The summed E-state index contributed by atoms with van der Waals surface area (Å²) in [6.07, 6.45) is 0. The summed E-state index contributed by atoms with van der Waals surface area (Å²) in [4.78, 5) is 17.8. The molecule has 10 heteroatoms. The Bertz CT molecular complexity index is 1450. The van der Waals surface area contributed by atoms with E-state index in [9.17, 15) is 13.2 Å². The number of pyridine rings is 1. The van der Waals surface area contributed by atoms with E-state index in [4.69, 9.17) is 8.94 Å². The van der Waals surface area contributed by atoms with Crippen LogP contribution in [0.4, 0.5) is 0 Å². The molecular formula is C23H24N4O5S. The molecule has 9 nitrogen and oxygen atoms in total. The highest BCUT2D eigenvalue weighted by molar-refractivity contribution is 7.88. The maximum atomic E-state index is 13.2. The molecule has 4 rings (SSSR count). The quantitative estimate of drug-likeness (QED) is 0.425. The molecule has 4 aromatic rings. The van der Waals surface area contributed by atoms with Gasteiger partial charge in [-0.15, -0.1) is 0 Å². The van der Waals surface area contributed by atoms with E-state index in [1.807, 2.05) is 19.9 Å². The van der Waals surface area contributed by atoms with Crippen LogP contribution < -0.4 is 10.0 Å². The van der Waals surface area contributed by atoms with Crippen LogP contribution in [0.5, 0.6) is 0 Å². The van der Waals surface area contributed by atoms with Gasteiger partial charge in [0.05, 0.1) is 28.1 Å². The SMILES string of the molecule is CNS(=O)(=O)Cc1ccccc1CNC(=O)c1cc(-c2cc(C)oc2C)nc2onc(C)c12. The molecule has 0 aliphatic carbocycles. The van der Waals surface area contributed by atoms with Crippen LogP contribution in [-0.2, 0) is 22.3 Å². The zero-order valence-electron chi connectivity index (χ0n) is 18.7. The molecule has 172 valence electrons. The molecule has 0 aliphatic rings. The predicted octanol–water partition coefficient (Wildman–Crippen LogP) is 3.39. The maximum Gasteiger partial charge on any atom is 0.259 e. The Balaban J connectivity index is 1.67. The molecule has 0 saturated carbocycles. The lowest BCUT2D eigenvalue weighted by atomic mass is 10.0. The average Bonchev–Trinajstić information content (AvgIpc) is 3.33. The van der Waals surface area contributed by atoms with Gasteiger partial charge in [0.25, 0.3) is 11.6 Å². The minimum atomic E-state index is -3.45. The second-order valence-electron chi connectivity index (χ2n) is 7.74. The Morgan fingerprint density at radius 1 is 1.09 bits per heavy atom. The lowest BCUT2D eigenvalue weighted by Gasteiger charge is -2.12. The van der Waals surface area contributed by atoms with Crippen molar-refractivity contribution >= 4 is 27.0 Å². The summed E-state index contributed by atoms with van der Waals surface area (Å²) in [5.41, 5.74) is 3.80. The van der Waals surface area contributed by atoms with Crippen molar-refractivity contribution in [1.29, 1.82) is 0 Å². The van der Waals surface area contributed by atoms with Crippen molar-refractivity contribution < 1.29 is 22.2 Å². The van der Waals surface area contributed by atoms with Crippen molar-refractivity contribution in [3.63, 3.8) is 0 Å². The molecule has 0 radical (unpaired) electrons. The number of furan rings is 1. The number of carbonyl (C=O) groups excluding carboxylic acids is 1. The number of amides is 1. The minimum absolute atomic E-state index is 0.154. The van der Waals surface area contributed by atoms with Crippen LogP contribution in [0.3, 0.4) is 0 Å². The average molecular weight is 469 g/mol. The minimum Gasteiger partial charge on any atom is -0.466 e. The van der Waals surface area contributed by atoms with Crippen molar-refractivity contribution in [2.24, 2.45) is 0 Å². The van der Waals surface area contributed by atoms with E-state index in [-0.39, 0.29) is 23.9 Å². The van der Waals surface area contributed by atoms with Gasteiger partial charge in [-0.25, -0.2) is 18.1 Å². The topological polar surface area (TPSA) is 127 Å². The molecule has 0 unspecified atom stereocenters. The lowest BCUT2D eigenvalue weighted by Crippen LogP contribution is -2.25. The lowest BCUT2D eigenvalue weighted by molar-refractivity contribution is 0.0952. The van der Waals surface area contributed by atoms with Gasteiger partial charge in [0.15, 0.2) is 0 Å². The molecule has 0 aliphatic heterocycles. The fraction of sp³-hybridized carbons (Fsp3) is 0.261. The second-order valence-corrected chi connectivity index (χ2v) is 9.67. The fourth-order valence-electron chi connectivity index (χ4n) is 3.72. The van der Waals surface area contributed by atoms with Gasteiger partial charge in [-0.05, 0) is 51.1 Å². The molecule has 33 heavy (non-hydrogen) atoms. The van der Waals surface area contributed by atoms with Gasteiger partial charge in [0.1, 0.15) is 11.5 Å². The number of nitrogens with zero attached hydrogens (tertiary/aromatic N) is 2. The molecule has 1 amide bonds. The Labute approximate surface area is 191 Å². The molecule has 0 saturated heterocycles. The first-order valence-corrected chi connectivity index (χ1v) is 11.9. The van der Waals surface area contributed by atoms with Crippen molar-refractivity contribution in [2.75, 3.05) is 7.05 Å². The second kappa shape index (κ2) is 8.80. The first-order valence-electron chi connectivity index (χ1n) is 10.3. The number of rotatable bonds is 7. The zero-order valence-corrected chi connectivity index (χ0v) is 19.5. The van der Waals surface area contributed by atoms with E-state index in [2.05, 4.69) is 20.2 Å². The van der Waals surface area contributed by atoms with Crippen molar-refractivity contribution in [3.05, 3.63) is 70.3 Å². The summed E-state index contributed by atoms with van der Waals surface area (Å²) < 4.78 is 37.3. The van der Waals surface area contributed by atoms with Crippen LogP contribution in [0.15, 0.2) is 45.3 Å². The van der Waals surface area contributed by atoms with Gasteiger partial charge in [0.2, 0.25) is 10.0 Å². The van der Waals surface area contributed by atoms with Crippen LogP contribution in [-0.4, -0.2) is 31.5 Å². The first-order chi connectivity index (χ1) is 15.7. The van der Waals surface area contributed by atoms with Crippen LogP contribution in [0, 0.1) is 20.8 Å². The highest BCUT2D eigenvalue weighted by Gasteiger charge is 2.21. The molecule has 2 N–H and O–H groups in total. The normalized spacial score (nSPS) is 11.8. The van der Waals surface area contributed by atoms with E-state index in [1.165, 1.54) is 7.05 Å². The highest BCUT2D eigenvalue weighted by Crippen LogP contribution is 2.30. The van der Waals surface area contributed by atoms with Crippen molar-refractivity contribution in [3.8, 4) is 11.3 Å². The van der Waals surface area contributed by atoms with E-state index in [1.54, 1.807) is 37.3 Å². The number of hydrogen-bond donors (Lipinski definition) is 2. The summed E-state index contributed by atoms with van der Waals surface area (Å²) in [5.74, 6) is 0.890. The van der Waals surface area contributed by atoms with E-state index >= 15 is 0 Å². The van der Waals surface area contributed by atoms with Gasteiger partial charge in [-0.3, -0.25) is 4.79 Å². The van der Waals surface area contributed by atoms with E-state index in [0.29, 0.717) is 39.2 Å². The number of aromatic nitrogens is 2. The standard InChI is InChI=1S/C23H24N4O5S/c1-13-9-18(15(3)31-13)20-10-19(21-14(2)27-32-23(21)26-20)22(28)25-11-16-7-5-6-8-17(16)12-33(29,30)24-4/h5-10,24H,11-12H2,1-4H3,(H,25,28). The van der Waals surface area contributed by atoms with Gasteiger partial charge >= 0.3 is 0 Å². The van der Waals surface area contributed by atoms with Gasteiger partial charge in [0, 0.05) is 12.1 Å². The molecule has 0 bridgehead atoms. The number of carbonyl (C=O) groups is 1. The van der Waals surface area contributed by atoms with Crippen LogP contribution in [0.25, 0.3) is 22.4 Å². The van der Waals surface area contributed by atoms with E-state index < -0.39 is 10.0 Å². The maximum absolute atomic E-state index is 13.2. The number of sulfonamides is 1. The molecular weight excluding hydrogens is 444 g/mol. The third-order valence-electron chi connectivity index (χ3n) is 5.39. The Kier molecular flexibility index (Phi) is 6.05. The number of fused-ring (bicyclic) bond motifs is 1. The summed E-state index contributed by atoms with van der Waals surface area (Å²) in [6.45, 7) is 5.57. The number of aryl methyl sites for hydroxylation is 3. The third-order valence-corrected chi connectivity index (χ3v) is 6.71. The molecule has 0 atom stereocenters. The largest absolute Gasteiger partial charge is 0.466 e. The van der Waals surface area contributed by atoms with Crippen LogP contribution in [0.2, 0.25) is 0 Å². The van der Waals surface area contributed by atoms with Crippen molar-refractivity contribution in [1.82, 2.24) is 20.2 Å². The Hall–Kier alpha value is -3.50. The zero-order chi connectivity index (χ0) is 23.8. The van der Waals surface area contributed by atoms with Gasteiger partial charge in [-0.1, -0.05) is 29.4 Å². The molecule has 3 aromatic heterocycles. The molecule has 0 spiro atoms. The number of benzene rings is 1. The van der Waals surface area contributed by atoms with Gasteiger partial charge < -0.3 is 14.3 Å². The summed E-state index contributed by atoms with van der Waals surface area (Å²) >= 11 is 0. The summed E-state index contributed by atoms with van der Waals surface area (Å²) in [7, 11) is -2.08. The van der Waals surface area contributed by atoms with Crippen LogP contribution in [0.1, 0.15) is 38.7 Å². The molecule has 1 aromatic carbocycles. The monoisotopic (exact) mass is 468 g/mol. The third kappa shape index (κ3) is 4.67. The smallest absolute Gasteiger partial charge is 0.259 e. The summed E-state index contributed by atoms with van der Waals surface area (Å²) in [5, 5.41) is 7.39. The Morgan fingerprint density at radius 2 is 1.82 bits per heavy atom. The summed E-state index contributed by atoms with van der Waals surface area (Å²) in [6, 6.07) is 10.6. The van der Waals surface area contributed by atoms with Crippen molar-refractivity contribution in [2.45, 2.75) is 33.1 Å². The number of hydrogen-bond acceptors (Lipinski definition) is 7.